The van der Waals surface area contributed by atoms with E-state index in [0.29, 0.717) is 12.2 Å². The standard InChI is InChI=1S/C12H13N3O2/c1-9(16)15-11-4-2-3-10(7-11)8-14-12(17)5-6-13/h2-4,7H,5,8H2,1H3,(H,14,17)(H,15,16). The van der Waals surface area contributed by atoms with Gasteiger partial charge in [0.05, 0.1) is 6.07 Å². The zero-order chi connectivity index (χ0) is 12.7. The van der Waals surface area contributed by atoms with Crippen LogP contribution in [-0.2, 0) is 16.1 Å². The molecule has 0 aliphatic heterocycles. The molecule has 0 unspecified atom stereocenters. The summed E-state index contributed by atoms with van der Waals surface area (Å²) in [7, 11) is 0. The van der Waals surface area contributed by atoms with Crippen LogP contribution < -0.4 is 10.6 Å². The van der Waals surface area contributed by atoms with Gasteiger partial charge in [0, 0.05) is 19.2 Å². The molecule has 0 fully saturated rings. The zero-order valence-corrected chi connectivity index (χ0v) is 9.49. The quantitative estimate of drug-likeness (QED) is 0.816. The van der Waals surface area contributed by atoms with Gasteiger partial charge in [-0.1, -0.05) is 12.1 Å². The van der Waals surface area contributed by atoms with Crippen LogP contribution in [0, 0.1) is 11.3 Å². The number of hydrogen-bond donors (Lipinski definition) is 2. The Morgan fingerprint density at radius 3 is 2.82 bits per heavy atom. The Labute approximate surface area is 99.4 Å². The molecule has 0 aromatic heterocycles. The highest BCUT2D eigenvalue weighted by Crippen LogP contribution is 2.10. The molecule has 5 heteroatoms. The highest BCUT2D eigenvalue weighted by atomic mass is 16.2. The van der Waals surface area contributed by atoms with E-state index in [1.165, 1.54) is 6.92 Å². The first kappa shape index (κ1) is 12.7. The molecule has 0 aliphatic rings. The predicted octanol–water partition coefficient (Wildman–Crippen LogP) is 1.17. The lowest BCUT2D eigenvalue weighted by Gasteiger charge is -2.06. The minimum atomic E-state index is -0.308. The zero-order valence-electron chi connectivity index (χ0n) is 9.49. The van der Waals surface area contributed by atoms with E-state index in [9.17, 15) is 9.59 Å². The Morgan fingerprint density at radius 2 is 2.18 bits per heavy atom. The van der Waals surface area contributed by atoms with Gasteiger partial charge >= 0.3 is 0 Å². The van der Waals surface area contributed by atoms with Gasteiger partial charge in [0.2, 0.25) is 11.8 Å². The number of carbonyl (C=O) groups is 2. The lowest BCUT2D eigenvalue weighted by molar-refractivity contribution is -0.120. The van der Waals surface area contributed by atoms with Crippen LogP contribution in [-0.4, -0.2) is 11.8 Å². The van der Waals surface area contributed by atoms with Crippen molar-refractivity contribution in [2.24, 2.45) is 0 Å². The second-order valence-electron chi connectivity index (χ2n) is 3.49. The second-order valence-corrected chi connectivity index (χ2v) is 3.49. The van der Waals surface area contributed by atoms with Crippen LogP contribution in [0.15, 0.2) is 24.3 Å². The first-order chi connectivity index (χ1) is 8.11. The number of hydrogen-bond acceptors (Lipinski definition) is 3. The maximum absolute atomic E-state index is 11.1. The van der Waals surface area contributed by atoms with Crippen molar-refractivity contribution in [1.29, 1.82) is 5.26 Å². The van der Waals surface area contributed by atoms with E-state index < -0.39 is 0 Å². The minimum absolute atomic E-state index is 0.143. The summed E-state index contributed by atoms with van der Waals surface area (Å²) in [6.07, 6.45) is -0.147. The van der Waals surface area contributed by atoms with Gasteiger partial charge in [0.15, 0.2) is 0 Å². The third kappa shape index (κ3) is 4.80. The molecule has 1 rings (SSSR count). The largest absolute Gasteiger partial charge is 0.351 e. The molecule has 0 saturated heterocycles. The van der Waals surface area contributed by atoms with Crippen LogP contribution in [0.4, 0.5) is 5.69 Å². The number of carbonyl (C=O) groups excluding carboxylic acids is 2. The Balaban J connectivity index is 2.57. The second kappa shape index (κ2) is 6.28. The predicted molar refractivity (Wildman–Crippen MR) is 62.8 cm³/mol. The molecular formula is C12H13N3O2. The smallest absolute Gasteiger partial charge is 0.234 e. The summed E-state index contributed by atoms with van der Waals surface area (Å²) >= 11 is 0. The summed E-state index contributed by atoms with van der Waals surface area (Å²) in [6, 6.07) is 8.93. The molecule has 0 radical (unpaired) electrons. The van der Waals surface area contributed by atoms with Gasteiger partial charge in [-0.15, -0.1) is 0 Å². The molecule has 1 aromatic carbocycles. The van der Waals surface area contributed by atoms with Crippen LogP contribution in [0.2, 0.25) is 0 Å². The van der Waals surface area contributed by atoms with Crippen molar-refractivity contribution in [1.82, 2.24) is 5.32 Å². The van der Waals surface area contributed by atoms with Crippen molar-refractivity contribution >= 4 is 17.5 Å². The summed E-state index contributed by atoms with van der Waals surface area (Å²) in [4.78, 5) is 21.9. The topological polar surface area (TPSA) is 82.0 Å². The average molecular weight is 231 g/mol. The number of nitrogens with one attached hydrogen (secondary N) is 2. The molecule has 88 valence electrons. The summed E-state index contributed by atoms with van der Waals surface area (Å²) in [5, 5.41) is 13.6. The van der Waals surface area contributed by atoms with E-state index in [1.54, 1.807) is 24.3 Å². The maximum Gasteiger partial charge on any atom is 0.234 e. The summed E-state index contributed by atoms with van der Waals surface area (Å²) < 4.78 is 0. The van der Waals surface area contributed by atoms with Gasteiger partial charge in [-0.05, 0) is 17.7 Å². The number of amides is 2. The molecule has 2 N–H and O–H groups in total. The first-order valence-electron chi connectivity index (χ1n) is 5.12. The molecule has 0 heterocycles. The molecule has 0 bridgehead atoms. The third-order valence-electron chi connectivity index (χ3n) is 1.98. The van der Waals surface area contributed by atoms with Gasteiger partial charge < -0.3 is 10.6 Å². The van der Waals surface area contributed by atoms with Crippen molar-refractivity contribution in [3.8, 4) is 6.07 Å². The number of rotatable bonds is 4. The molecule has 17 heavy (non-hydrogen) atoms. The van der Waals surface area contributed by atoms with Gasteiger partial charge in [-0.3, -0.25) is 9.59 Å². The molecule has 0 spiro atoms. The molecule has 2 amide bonds. The third-order valence-corrected chi connectivity index (χ3v) is 1.98. The fourth-order valence-electron chi connectivity index (χ4n) is 1.30. The van der Waals surface area contributed by atoms with Gasteiger partial charge in [0.25, 0.3) is 0 Å². The van der Waals surface area contributed by atoms with E-state index >= 15 is 0 Å². The van der Waals surface area contributed by atoms with E-state index in [1.807, 2.05) is 6.07 Å². The Bertz CT molecular complexity index is 463. The van der Waals surface area contributed by atoms with E-state index in [-0.39, 0.29) is 18.2 Å². The molecule has 1 aromatic rings. The highest BCUT2D eigenvalue weighted by Gasteiger charge is 2.01. The lowest BCUT2D eigenvalue weighted by Crippen LogP contribution is -2.21. The van der Waals surface area contributed by atoms with E-state index in [4.69, 9.17) is 5.26 Å². The van der Waals surface area contributed by atoms with Crippen LogP contribution in [0.1, 0.15) is 18.9 Å². The van der Waals surface area contributed by atoms with Gasteiger partial charge in [-0.2, -0.15) is 5.26 Å². The summed E-state index contributed by atoms with van der Waals surface area (Å²) in [5.41, 5.74) is 1.55. The van der Waals surface area contributed by atoms with Crippen LogP contribution in [0.3, 0.4) is 0 Å². The molecule has 0 aliphatic carbocycles. The van der Waals surface area contributed by atoms with Crippen molar-refractivity contribution in [3.63, 3.8) is 0 Å². The Morgan fingerprint density at radius 1 is 1.41 bits per heavy atom. The van der Waals surface area contributed by atoms with E-state index in [0.717, 1.165) is 5.56 Å². The lowest BCUT2D eigenvalue weighted by atomic mass is 10.2. The average Bonchev–Trinajstić information content (AvgIpc) is 2.26. The van der Waals surface area contributed by atoms with Crippen LogP contribution in [0.5, 0.6) is 0 Å². The van der Waals surface area contributed by atoms with Crippen molar-refractivity contribution < 1.29 is 9.59 Å². The maximum atomic E-state index is 11.1. The van der Waals surface area contributed by atoms with Crippen molar-refractivity contribution in [2.45, 2.75) is 19.9 Å². The summed E-state index contributed by atoms with van der Waals surface area (Å²) in [5.74, 6) is -0.451. The number of benzene rings is 1. The van der Waals surface area contributed by atoms with Gasteiger partial charge in [0.1, 0.15) is 6.42 Å². The first-order valence-corrected chi connectivity index (χ1v) is 5.12. The number of nitriles is 1. The minimum Gasteiger partial charge on any atom is -0.351 e. The molecule has 5 nitrogen and oxygen atoms in total. The fourth-order valence-corrected chi connectivity index (χ4v) is 1.30. The highest BCUT2D eigenvalue weighted by molar-refractivity contribution is 5.88. The molecule has 0 atom stereocenters. The summed E-state index contributed by atoms with van der Waals surface area (Å²) in [6.45, 7) is 1.77. The number of nitrogens with zero attached hydrogens (tertiary/aromatic N) is 1. The Kier molecular flexibility index (Phi) is 4.70. The normalized spacial score (nSPS) is 9.18. The van der Waals surface area contributed by atoms with Crippen LogP contribution >= 0.6 is 0 Å². The molecular weight excluding hydrogens is 218 g/mol. The van der Waals surface area contributed by atoms with E-state index in [2.05, 4.69) is 10.6 Å². The fraction of sp³-hybridized carbons (Fsp3) is 0.250. The van der Waals surface area contributed by atoms with Crippen LogP contribution in [0.25, 0.3) is 0 Å². The van der Waals surface area contributed by atoms with Gasteiger partial charge in [-0.25, -0.2) is 0 Å². The Hall–Kier alpha value is -2.35. The monoisotopic (exact) mass is 231 g/mol. The number of anilines is 1. The molecule has 0 saturated carbocycles. The SMILES string of the molecule is CC(=O)Nc1cccc(CNC(=O)CC#N)c1. The van der Waals surface area contributed by atoms with Crippen molar-refractivity contribution in [2.75, 3.05) is 5.32 Å². The van der Waals surface area contributed by atoms with Crippen molar-refractivity contribution in [3.05, 3.63) is 29.8 Å².